The van der Waals surface area contributed by atoms with E-state index in [4.69, 9.17) is 4.74 Å². The highest BCUT2D eigenvalue weighted by atomic mass is 19.1. The van der Waals surface area contributed by atoms with Crippen molar-refractivity contribution in [2.45, 2.75) is 69.7 Å². The van der Waals surface area contributed by atoms with Crippen LogP contribution in [0, 0.1) is 11.7 Å². The normalized spacial score (nSPS) is 20.5. The van der Waals surface area contributed by atoms with Gasteiger partial charge in [0.25, 0.3) is 23.6 Å². The van der Waals surface area contributed by atoms with Gasteiger partial charge in [0.15, 0.2) is 11.9 Å². The van der Waals surface area contributed by atoms with Crippen molar-refractivity contribution >= 4 is 46.9 Å². The van der Waals surface area contributed by atoms with E-state index in [1.807, 2.05) is 54.6 Å². The molecule has 0 aliphatic carbocycles. The third-order valence-electron chi connectivity index (χ3n) is 13.0. The van der Waals surface area contributed by atoms with Crippen LogP contribution < -0.4 is 15.5 Å². The predicted molar refractivity (Wildman–Crippen MR) is 220 cm³/mol. The highest BCUT2D eigenvalue weighted by Crippen LogP contribution is 2.37. The number of hydrogen-bond donors (Lipinski definition) is 3. The largest absolute Gasteiger partial charge is 0.372 e. The minimum Gasteiger partial charge on any atom is -0.372 e. The number of imide groups is 2. The number of rotatable bonds is 10. The fraction of sp³-hybridized carbons (Fsp3) is 0.400. The molecule has 9 rings (SSSR count). The second-order valence-electron chi connectivity index (χ2n) is 16.6. The van der Waals surface area contributed by atoms with Crippen molar-refractivity contribution in [1.82, 2.24) is 30.2 Å². The molecule has 0 bridgehead atoms. The first kappa shape index (κ1) is 40.2. The van der Waals surface area contributed by atoms with Gasteiger partial charge in [-0.05, 0) is 105 Å². The zero-order valence-electron chi connectivity index (χ0n) is 33.8. The fourth-order valence-electron chi connectivity index (χ4n) is 9.56. The number of methoxy groups -OCH3 is 1. The van der Waals surface area contributed by atoms with Crippen LogP contribution in [0.15, 0.2) is 66.7 Å². The number of halogens is 1. The monoisotopic (exact) mass is 830 g/mol. The summed E-state index contributed by atoms with van der Waals surface area (Å²) in [6, 6.07) is 18.5. The molecular formula is C45H47FN8O7. The lowest BCUT2D eigenvalue weighted by molar-refractivity contribution is -0.143. The van der Waals surface area contributed by atoms with Crippen molar-refractivity contribution in [3.05, 3.63) is 112 Å². The molecule has 1 unspecified atom stereocenters. The predicted octanol–water partition coefficient (Wildman–Crippen LogP) is 4.53. The van der Waals surface area contributed by atoms with E-state index >= 15 is 4.39 Å². The molecule has 15 nitrogen and oxygen atoms in total. The van der Waals surface area contributed by atoms with Crippen LogP contribution in [0.5, 0.6) is 0 Å². The van der Waals surface area contributed by atoms with Crippen molar-refractivity contribution in [1.29, 1.82) is 0 Å². The first-order valence-corrected chi connectivity index (χ1v) is 20.9. The van der Waals surface area contributed by atoms with E-state index in [9.17, 15) is 28.8 Å². The molecule has 0 saturated carbocycles. The number of likely N-dealkylation sites (tertiary alicyclic amines) is 1. The molecule has 61 heavy (non-hydrogen) atoms. The third-order valence-corrected chi connectivity index (χ3v) is 13.0. The highest BCUT2D eigenvalue weighted by molar-refractivity contribution is 6.23. The van der Waals surface area contributed by atoms with Crippen LogP contribution in [0.2, 0.25) is 0 Å². The van der Waals surface area contributed by atoms with Gasteiger partial charge in [-0.2, -0.15) is 5.10 Å². The number of ether oxygens (including phenoxy) is 1. The van der Waals surface area contributed by atoms with Crippen molar-refractivity contribution < 1.29 is 37.9 Å². The molecule has 16 heteroatoms. The molecule has 0 spiro atoms. The Hall–Kier alpha value is -6.26. The van der Waals surface area contributed by atoms with Gasteiger partial charge in [-0.15, -0.1) is 0 Å². The molecule has 6 heterocycles. The number of aromatic amines is 1. The summed E-state index contributed by atoms with van der Waals surface area (Å²) in [5.41, 5.74) is 4.37. The quantitative estimate of drug-likeness (QED) is 0.193. The first-order valence-electron chi connectivity index (χ1n) is 20.9. The average Bonchev–Trinajstić information content (AvgIpc) is 3.94. The molecular weight excluding hydrogens is 784 g/mol. The number of aromatic nitrogens is 2. The zero-order valence-corrected chi connectivity index (χ0v) is 33.8. The molecule has 1 aromatic heterocycles. The van der Waals surface area contributed by atoms with Gasteiger partial charge in [0, 0.05) is 50.0 Å². The number of benzene rings is 3. The summed E-state index contributed by atoms with van der Waals surface area (Å²) >= 11 is 0. The van der Waals surface area contributed by atoms with Crippen LogP contribution in [0.4, 0.5) is 15.9 Å². The van der Waals surface area contributed by atoms with Crippen LogP contribution in [-0.2, 0) is 32.2 Å². The molecule has 3 fully saturated rings. The van der Waals surface area contributed by atoms with E-state index in [1.165, 1.54) is 13.2 Å². The zero-order chi connectivity index (χ0) is 42.4. The van der Waals surface area contributed by atoms with Gasteiger partial charge < -0.3 is 24.8 Å². The Morgan fingerprint density at radius 3 is 2.28 bits per heavy atom. The molecule has 316 valence electrons. The smallest absolute Gasteiger partial charge is 0.262 e. The Morgan fingerprint density at radius 2 is 1.59 bits per heavy atom. The lowest BCUT2D eigenvalue weighted by atomic mass is 9.86. The number of H-pyrrole nitrogens is 1. The number of carbonyl (C=O) groups is 6. The second-order valence-corrected chi connectivity index (χ2v) is 16.6. The summed E-state index contributed by atoms with van der Waals surface area (Å²) in [7, 11) is 1.52. The van der Waals surface area contributed by atoms with E-state index < -0.39 is 41.6 Å². The molecule has 2 atom stereocenters. The number of fused-ring (bicyclic) bond motifs is 2. The van der Waals surface area contributed by atoms with Gasteiger partial charge in [0.2, 0.25) is 11.8 Å². The molecule has 6 amide bonds. The topological polar surface area (TPSA) is 177 Å². The maximum atomic E-state index is 15.5. The van der Waals surface area contributed by atoms with Crippen molar-refractivity contribution in [3.8, 4) is 0 Å². The number of amides is 6. The molecule has 0 radical (unpaired) electrons. The summed E-state index contributed by atoms with van der Waals surface area (Å²) in [6.45, 7) is 4.95. The van der Waals surface area contributed by atoms with Gasteiger partial charge in [0.1, 0.15) is 11.9 Å². The number of hydrogen-bond acceptors (Lipinski definition) is 10. The number of carbonyl (C=O) groups excluding carboxylic acids is 6. The number of nitrogens with zero attached hydrogens (tertiary/aromatic N) is 5. The van der Waals surface area contributed by atoms with Gasteiger partial charge in [-0.25, -0.2) is 4.39 Å². The van der Waals surface area contributed by atoms with Crippen LogP contribution in [0.3, 0.4) is 0 Å². The van der Waals surface area contributed by atoms with E-state index in [0.717, 1.165) is 91.9 Å². The van der Waals surface area contributed by atoms with E-state index in [0.29, 0.717) is 36.0 Å². The highest BCUT2D eigenvalue weighted by Gasteiger charge is 2.45. The van der Waals surface area contributed by atoms with Crippen molar-refractivity contribution in [3.63, 3.8) is 0 Å². The Balaban J connectivity index is 0.736. The molecule has 4 aromatic rings. The van der Waals surface area contributed by atoms with E-state index in [1.54, 1.807) is 4.90 Å². The molecule has 5 aliphatic rings. The number of nitrogens with one attached hydrogen (secondary N) is 3. The van der Waals surface area contributed by atoms with Gasteiger partial charge in [-0.1, -0.05) is 30.3 Å². The SMILES string of the molecule is CO[C@@H](C(=O)N1Cc2[nH]nc(NC(=O)c3ccc(N4CCC(CN5CCC(c6cc7c(cc6F)C(=O)N(C6CCC(=O)NC6=O)C7=O)CC5)CC4)cc3)c2C1)c1ccccc1. The Labute approximate surface area is 351 Å². The molecule has 3 N–H and O–H groups in total. The standard InChI is InChI=1S/C45H47FN8O7/c1-61-39(28-5-3-2-4-6-28)45(60)53-24-34-36(25-53)49-50-40(34)48-41(56)29-7-9-30(10-8-29)52-19-13-26(14-20-52)23-51-17-15-27(16-18-51)31-21-32-33(22-35(31)46)44(59)54(43(32)58)37-11-12-38(55)47-42(37)57/h2-10,21-22,26-27,37,39H,11-20,23-25H2,1H3,(H,47,55,57)(H2,48,49,50,56)/t37?,39-/m1/s1. The summed E-state index contributed by atoms with van der Waals surface area (Å²) < 4.78 is 21.0. The van der Waals surface area contributed by atoms with Crippen LogP contribution in [0.1, 0.15) is 104 Å². The summed E-state index contributed by atoms with van der Waals surface area (Å²) in [5, 5.41) is 12.4. The van der Waals surface area contributed by atoms with E-state index in [-0.39, 0.29) is 41.7 Å². The van der Waals surface area contributed by atoms with E-state index in [2.05, 4.69) is 30.6 Å². The Kier molecular flexibility index (Phi) is 11.0. The van der Waals surface area contributed by atoms with Crippen molar-refractivity contribution in [2.24, 2.45) is 5.92 Å². The minimum atomic E-state index is -1.09. The molecule has 5 aliphatic heterocycles. The van der Waals surface area contributed by atoms with Crippen LogP contribution in [0.25, 0.3) is 0 Å². The average molecular weight is 831 g/mol. The lowest BCUT2D eigenvalue weighted by Gasteiger charge is -2.38. The van der Waals surface area contributed by atoms with Crippen LogP contribution in [-0.4, -0.2) is 106 Å². The summed E-state index contributed by atoms with van der Waals surface area (Å²) in [4.78, 5) is 84.5. The maximum Gasteiger partial charge on any atom is 0.262 e. The second kappa shape index (κ2) is 16.7. The van der Waals surface area contributed by atoms with Gasteiger partial charge >= 0.3 is 0 Å². The van der Waals surface area contributed by atoms with Crippen molar-refractivity contribution in [2.75, 3.05) is 50.1 Å². The van der Waals surface area contributed by atoms with Gasteiger partial charge in [0.05, 0.1) is 29.9 Å². The molecule has 3 aromatic carbocycles. The van der Waals surface area contributed by atoms with Crippen LogP contribution >= 0.6 is 0 Å². The minimum absolute atomic E-state index is 0.0205. The maximum absolute atomic E-state index is 15.5. The molecule has 3 saturated heterocycles. The number of anilines is 2. The summed E-state index contributed by atoms with van der Waals surface area (Å²) in [5.74, 6) is -2.63. The van der Waals surface area contributed by atoms with Gasteiger partial charge in [-0.3, -0.25) is 44.1 Å². The summed E-state index contributed by atoms with van der Waals surface area (Å²) in [6.07, 6.45) is 2.81. The third kappa shape index (κ3) is 7.81. The fourth-order valence-corrected chi connectivity index (χ4v) is 9.56. The Bertz CT molecular complexity index is 2390. The number of piperidine rings is 3. The first-order chi connectivity index (χ1) is 29.6. The lowest BCUT2D eigenvalue weighted by Crippen LogP contribution is -2.54. The Morgan fingerprint density at radius 1 is 0.885 bits per heavy atom.